The Hall–Kier alpha value is -0.0400. The Kier molecular flexibility index (Phi) is 2.53. The Morgan fingerprint density at radius 1 is 0.900 bits per heavy atom. The van der Waals surface area contributed by atoms with E-state index in [1.54, 1.807) is 0 Å². The number of hydrogen-bond acceptors (Lipinski definition) is 1. The zero-order chi connectivity index (χ0) is 8.58. The van der Waals surface area contributed by atoms with E-state index in [1.165, 1.54) is 0 Å². The molecule has 0 rings (SSSR count). The van der Waals surface area contributed by atoms with Gasteiger partial charge in [-0.1, -0.05) is 0 Å². The standard InChI is InChI=1S/C9H19N/c1-8(2,3)10(7)9(4,5)6/h1,4H2,2-3,5-7H3. The van der Waals surface area contributed by atoms with Crippen LogP contribution >= 0.6 is 0 Å². The third-order valence-corrected chi connectivity index (χ3v) is 1.82. The maximum Gasteiger partial charge on any atom is 0.0156 e. The van der Waals surface area contributed by atoms with E-state index in [0.717, 1.165) is 0 Å². The molecule has 0 bridgehead atoms. The summed E-state index contributed by atoms with van der Waals surface area (Å²) in [5.74, 6) is 0. The first-order chi connectivity index (χ1) is 4.15. The third kappa shape index (κ3) is 2.70. The lowest BCUT2D eigenvalue weighted by Crippen LogP contribution is -2.50. The average molecular weight is 141 g/mol. The fourth-order valence-corrected chi connectivity index (χ4v) is 0.819. The summed E-state index contributed by atoms with van der Waals surface area (Å²) in [7, 11) is 2.04. The molecule has 10 heavy (non-hydrogen) atoms. The minimum absolute atomic E-state index is 0.0365. The molecule has 0 unspecified atom stereocenters. The molecule has 0 aromatic carbocycles. The predicted molar refractivity (Wildman–Crippen MR) is 46.6 cm³/mol. The van der Waals surface area contributed by atoms with E-state index < -0.39 is 0 Å². The lowest BCUT2D eigenvalue weighted by molar-refractivity contribution is 0.106. The molecule has 60 valence electrons. The molecule has 0 heterocycles. The maximum atomic E-state index is 4.02. The molecule has 0 aliphatic carbocycles. The van der Waals surface area contributed by atoms with E-state index >= 15 is 0 Å². The van der Waals surface area contributed by atoms with Gasteiger partial charge in [-0.2, -0.15) is 0 Å². The van der Waals surface area contributed by atoms with Crippen molar-refractivity contribution >= 4 is 0 Å². The van der Waals surface area contributed by atoms with Crippen molar-refractivity contribution in [3.05, 3.63) is 13.8 Å². The Morgan fingerprint density at radius 2 is 1.10 bits per heavy atom. The van der Waals surface area contributed by atoms with Gasteiger partial charge in [-0.3, -0.25) is 4.90 Å². The zero-order valence-corrected chi connectivity index (χ0v) is 7.86. The van der Waals surface area contributed by atoms with Gasteiger partial charge in [0, 0.05) is 11.1 Å². The van der Waals surface area contributed by atoms with Crippen LogP contribution in [0.25, 0.3) is 0 Å². The highest BCUT2D eigenvalue weighted by Crippen LogP contribution is 2.20. The molecule has 1 heteroatoms. The molecule has 0 spiro atoms. The Bertz CT molecular complexity index is 88.9. The second kappa shape index (κ2) is 2.54. The highest BCUT2D eigenvalue weighted by Gasteiger charge is 2.27. The van der Waals surface area contributed by atoms with Crippen molar-refractivity contribution < 1.29 is 0 Å². The first-order valence-electron chi connectivity index (χ1n) is 3.60. The second-order valence-electron chi connectivity index (χ2n) is 4.18. The Morgan fingerprint density at radius 3 is 1.10 bits per heavy atom. The SMILES string of the molecule is [CH2]C(C)(C)N(C)C([CH2])(C)C. The molecule has 2 radical (unpaired) electrons. The summed E-state index contributed by atoms with van der Waals surface area (Å²) in [6, 6.07) is 0. The van der Waals surface area contributed by atoms with Crippen molar-refractivity contribution in [3.8, 4) is 0 Å². The van der Waals surface area contributed by atoms with Crippen LogP contribution in [-0.4, -0.2) is 23.0 Å². The fraction of sp³-hybridized carbons (Fsp3) is 0.778. The van der Waals surface area contributed by atoms with Crippen LogP contribution in [0.1, 0.15) is 27.7 Å². The summed E-state index contributed by atoms with van der Waals surface area (Å²) >= 11 is 0. The van der Waals surface area contributed by atoms with Gasteiger partial charge in [0.15, 0.2) is 0 Å². The van der Waals surface area contributed by atoms with Crippen LogP contribution in [-0.2, 0) is 0 Å². The monoisotopic (exact) mass is 141 g/mol. The summed E-state index contributed by atoms with van der Waals surface area (Å²) in [6.07, 6.45) is 0. The van der Waals surface area contributed by atoms with Crippen molar-refractivity contribution in [1.29, 1.82) is 0 Å². The van der Waals surface area contributed by atoms with E-state index in [4.69, 9.17) is 0 Å². The van der Waals surface area contributed by atoms with E-state index in [1.807, 2.05) is 7.05 Å². The zero-order valence-electron chi connectivity index (χ0n) is 7.86. The van der Waals surface area contributed by atoms with Gasteiger partial charge in [0.05, 0.1) is 0 Å². The molecule has 0 saturated heterocycles. The molecule has 0 fully saturated rings. The van der Waals surface area contributed by atoms with E-state index in [2.05, 4.69) is 46.4 Å². The first-order valence-corrected chi connectivity index (χ1v) is 3.60. The quantitative estimate of drug-likeness (QED) is 0.569. The number of hydrogen-bond donors (Lipinski definition) is 0. The van der Waals surface area contributed by atoms with Crippen molar-refractivity contribution in [2.24, 2.45) is 0 Å². The van der Waals surface area contributed by atoms with E-state index in [-0.39, 0.29) is 11.1 Å². The van der Waals surface area contributed by atoms with Gasteiger partial charge < -0.3 is 0 Å². The van der Waals surface area contributed by atoms with Crippen molar-refractivity contribution in [2.75, 3.05) is 7.05 Å². The third-order valence-electron chi connectivity index (χ3n) is 1.82. The smallest absolute Gasteiger partial charge is 0.0156 e. The van der Waals surface area contributed by atoms with Crippen LogP contribution in [0, 0.1) is 13.8 Å². The molecule has 1 nitrogen and oxygen atoms in total. The highest BCUT2D eigenvalue weighted by atomic mass is 15.2. The van der Waals surface area contributed by atoms with Crippen LogP contribution in [0.2, 0.25) is 0 Å². The topological polar surface area (TPSA) is 3.24 Å². The fourth-order valence-electron chi connectivity index (χ4n) is 0.819. The number of nitrogens with zero attached hydrogens (tertiary/aromatic N) is 1. The minimum Gasteiger partial charge on any atom is -0.296 e. The van der Waals surface area contributed by atoms with Gasteiger partial charge in [-0.15, -0.1) is 0 Å². The van der Waals surface area contributed by atoms with Gasteiger partial charge in [0.2, 0.25) is 0 Å². The lowest BCUT2D eigenvalue weighted by Gasteiger charge is -2.42. The highest BCUT2D eigenvalue weighted by molar-refractivity contribution is 4.92. The molecular formula is C9H19N. The van der Waals surface area contributed by atoms with Crippen LogP contribution in [0.3, 0.4) is 0 Å². The van der Waals surface area contributed by atoms with Gasteiger partial charge in [0.1, 0.15) is 0 Å². The van der Waals surface area contributed by atoms with Crippen LogP contribution in [0.15, 0.2) is 0 Å². The normalized spacial score (nSPS) is 14.4. The lowest BCUT2D eigenvalue weighted by atomic mass is 9.98. The van der Waals surface area contributed by atoms with Crippen molar-refractivity contribution in [1.82, 2.24) is 4.90 Å². The molecule has 0 aromatic rings. The minimum atomic E-state index is -0.0365. The van der Waals surface area contributed by atoms with Crippen molar-refractivity contribution in [2.45, 2.75) is 38.8 Å². The van der Waals surface area contributed by atoms with Gasteiger partial charge >= 0.3 is 0 Å². The van der Waals surface area contributed by atoms with Crippen LogP contribution in [0.4, 0.5) is 0 Å². The molecule has 0 saturated carbocycles. The summed E-state index contributed by atoms with van der Waals surface area (Å²) in [6.45, 7) is 16.4. The number of rotatable bonds is 2. The van der Waals surface area contributed by atoms with Crippen LogP contribution < -0.4 is 0 Å². The molecule has 0 aliphatic heterocycles. The molecule has 0 atom stereocenters. The average Bonchev–Trinajstić information content (AvgIpc) is 1.59. The summed E-state index contributed by atoms with van der Waals surface area (Å²) in [4.78, 5) is 2.15. The van der Waals surface area contributed by atoms with Crippen LogP contribution in [0.5, 0.6) is 0 Å². The largest absolute Gasteiger partial charge is 0.296 e. The molecule has 0 aliphatic rings. The van der Waals surface area contributed by atoms with E-state index in [0.29, 0.717) is 0 Å². The summed E-state index contributed by atoms with van der Waals surface area (Å²) < 4.78 is 0. The molecule has 0 aromatic heterocycles. The Balaban J connectivity index is 4.23. The van der Waals surface area contributed by atoms with Gasteiger partial charge in [-0.05, 0) is 48.6 Å². The van der Waals surface area contributed by atoms with Gasteiger partial charge in [-0.25, -0.2) is 0 Å². The Labute approximate surface area is 65.4 Å². The van der Waals surface area contributed by atoms with Crippen molar-refractivity contribution in [3.63, 3.8) is 0 Å². The summed E-state index contributed by atoms with van der Waals surface area (Å²) in [5, 5.41) is 0. The molecular weight excluding hydrogens is 122 g/mol. The second-order valence-corrected chi connectivity index (χ2v) is 4.18. The first kappa shape index (κ1) is 9.96. The molecule has 0 N–H and O–H groups in total. The van der Waals surface area contributed by atoms with Gasteiger partial charge in [0.25, 0.3) is 0 Å². The predicted octanol–water partition coefficient (Wildman–Crippen LogP) is 2.14. The molecule has 0 amide bonds. The van der Waals surface area contributed by atoms with E-state index in [9.17, 15) is 0 Å². The summed E-state index contributed by atoms with van der Waals surface area (Å²) in [5.41, 5.74) is -0.0729. The maximum absolute atomic E-state index is 4.02.